The molecule has 0 saturated heterocycles. The van der Waals surface area contributed by atoms with Crippen LogP contribution in [0.25, 0.3) is 0 Å². The topological polar surface area (TPSA) is 54.5 Å². The SMILES string of the molecule is COc1ccccc1C1(CNC(=O)c2ccnc(N(C)C)c2)CCCC1. The summed E-state index contributed by atoms with van der Waals surface area (Å²) in [5, 5.41) is 3.16. The predicted molar refractivity (Wildman–Crippen MR) is 104 cm³/mol. The lowest BCUT2D eigenvalue weighted by atomic mass is 9.78. The van der Waals surface area contributed by atoms with Crippen molar-refractivity contribution in [3.8, 4) is 5.75 Å². The minimum Gasteiger partial charge on any atom is -0.496 e. The van der Waals surface area contributed by atoms with E-state index < -0.39 is 0 Å². The Morgan fingerprint density at radius 1 is 1.23 bits per heavy atom. The third kappa shape index (κ3) is 3.66. The van der Waals surface area contributed by atoms with Crippen LogP contribution < -0.4 is 15.0 Å². The van der Waals surface area contributed by atoms with Gasteiger partial charge < -0.3 is 15.0 Å². The fourth-order valence-electron chi connectivity index (χ4n) is 3.83. The normalized spacial score (nSPS) is 15.5. The Hall–Kier alpha value is -2.56. The van der Waals surface area contributed by atoms with E-state index in [4.69, 9.17) is 4.74 Å². The average molecular weight is 353 g/mol. The van der Waals surface area contributed by atoms with E-state index in [0.717, 1.165) is 24.4 Å². The van der Waals surface area contributed by atoms with Gasteiger partial charge in [-0.1, -0.05) is 31.0 Å². The van der Waals surface area contributed by atoms with Crippen molar-refractivity contribution in [1.29, 1.82) is 0 Å². The summed E-state index contributed by atoms with van der Waals surface area (Å²) in [6.07, 6.45) is 6.15. The van der Waals surface area contributed by atoms with Gasteiger partial charge in [0.1, 0.15) is 11.6 Å². The molecule has 1 heterocycles. The number of methoxy groups -OCH3 is 1. The van der Waals surface area contributed by atoms with Crippen LogP contribution in [0, 0.1) is 0 Å². The van der Waals surface area contributed by atoms with Crippen molar-refractivity contribution < 1.29 is 9.53 Å². The summed E-state index contributed by atoms with van der Waals surface area (Å²) in [6, 6.07) is 11.7. The first-order valence-electron chi connectivity index (χ1n) is 9.11. The lowest BCUT2D eigenvalue weighted by Gasteiger charge is -2.31. The molecule has 0 atom stereocenters. The number of para-hydroxylation sites is 1. The standard InChI is InChI=1S/C21H27N3O2/c1-24(2)19-14-16(10-13-22-19)20(25)23-15-21(11-6-7-12-21)17-8-4-5-9-18(17)26-3/h4-5,8-10,13-14H,6-7,11-12,15H2,1-3H3,(H,23,25). The monoisotopic (exact) mass is 353 g/mol. The number of benzene rings is 1. The molecule has 0 radical (unpaired) electrons. The van der Waals surface area contributed by atoms with Gasteiger partial charge in [0.05, 0.1) is 7.11 Å². The Labute approximate surface area is 155 Å². The molecule has 0 bridgehead atoms. The lowest BCUT2D eigenvalue weighted by molar-refractivity contribution is 0.0942. The summed E-state index contributed by atoms with van der Waals surface area (Å²) in [5.74, 6) is 1.62. The maximum atomic E-state index is 12.7. The number of rotatable bonds is 6. The molecule has 1 aromatic carbocycles. The van der Waals surface area contributed by atoms with E-state index in [2.05, 4.69) is 16.4 Å². The van der Waals surface area contributed by atoms with Gasteiger partial charge in [0.25, 0.3) is 5.91 Å². The number of nitrogens with zero attached hydrogens (tertiary/aromatic N) is 2. The molecule has 1 fully saturated rings. The second-order valence-electron chi connectivity index (χ2n) is 7.17. The van der Waals surface area contributed by atoms with Crippen LogP contribution in [0.3, 0.4) is 0 Å². The zero-order chi connectivity index (χ0) is 18.6. The van der Waals surface area contributed by atoms with Gasteiger partial charge in [0, 0.05) is 43.4 Å². The molecule has 0 unspecified atom stereocenters. The van der Waals surface area contributed by atoms with E-state index in [9.17, 15) is 4.79 Å². The van der Waals surface area contributed by atoms with E-state index in [1.54, 1.807) is 19.4 Å². The highest BCUT2D eigenvalue weighted by atomic mass is 16.5. The van der Waals surface area contributed by atoms with Crippen molar-refractivity contribution in [3.05, 3.63) is 53.7 Å². The van der Waals surface area contributed by atoms with E-state index >= 15 is 0 Å². The molecule has 5 heteroatoms. The summed E-state index contributed by atoms with van der Waals surface area (Å²) in [5.41, 5.74) is 1.78. The Kier molecular flexibility index (Phi) is 5.45. The molecule has 1 aromatic heterocycles. The molecule has 1 amide bonds. The van der Waals surface area contributed by atoms with Crippen LogP contribution in [-0.4, -0.2) is 38.6 Å². The molecule has 138 valence electrons. The highest BCUT2D eigenvalue weighted by Crippen LogP contribution is 2.44. The van der Waals surface area contributed by atoms with Crippen LogP contribution in [-0.2, 0) is 5.41 Å². The van der Waals surface area contributed by atoms with E-state index in [1.807, 2.05) is 43.3 Å². The molecule has 5 nitrogen and oxygen atoms in total. The quantitative estimate of drug-likeness (QED) is 0.865. The second-order valence-corrected chi connectivity index (χ2v) is 7.17. The van der Waals surface area contributed by atoms with Crippen molar-refractivity contribution in [2.45, 2.75) is 31.1 Å². The van der Waals surface area contributed by atoms with Crippen LogP contribution in [0.2, 0.25) is 0 Å². The smallest absolute Gasteiger partial charge is 0.251 e. The first kappa shape index (κ1) is 18.2. The van der Waals surface area contributed by atoms with E-state index in [-0.39, 0.29) is 11.3 Å². The number of amides is 1. The fourth-order valence-corrected chi connectivity index (χ4v) is 3.83. The zero-order valence-electron chi connectivity index (χ0n) is 15.8. The second kappa shape index (κ2) is 7.77. The van der Waals surface area contributed by atoms with Crippen molar-refractivity contribution in [1.82, 2.24) is 10.3 Å². The minimum atomic E-state index is -0.0586. The Morgan fingerprint density at radius 2 is 1.96 bits per heavy atom. The Bertz CT molecular complexity index is 767. The van der Waals surface area contributed by atoms with Crippen LogP contribution in [0.5, 0.6) is 5.75 Å². The summed E-state index contributed by atoms with van der Waals surface area (Å²) in [6.45, 7) is 0.617. The van der Waals surface area contributed by atoms with Gasteiger partial charge in [-0.2, -0.15) is 0 Å². The number of ether oxygens (including phenoxy) is 1. The number of pyridine rings is 1. The summed E-state index contributed by atoms with van der Waals surface area (Å²) >= 11 is 0. The van der Waals surface area contributed by atoms with Crippen LogP contribution >= 0.6 is 0 Å². The van der Waals surface area contributed by atoms with Gasteiger partial charge in [-0.3, -0.25) is 4.79 Å². The molecule has 1 aliphatic carbocycles. The van der Waals surface area contributed by atoms with E-state index in [1.165, 1.54) is 18.4 Å². The van der Waals surface area contributed by atoms with Gasteiger partial charge in [-0.25, -0.2) is 4.98 Å². The number of hydrogen-bond acceptors (Lipinski definition) is 4. The summed E-state index contributed by atoms with van der Waals surface area (Å²) < 4.78 is 5.59. The maximum absolute atomic E-state index is 12.7. The number of nitrogens with one attached hydrogen (secondary N) is 1. The number of aromatic nitrogens is 1. The predicted octanol–water partition coefficient (Wildman–Crippen LogP) is 3.40. The van der Waals surface area contributed by atoms with Gasteiger partial charge >= 0.3 is 0 Å². The van der Waals surface area contributed by atoms with Crippen molar-refractivity contribution >= 4 is 11.7 Å². The molecule has 0 aliphatic heterocycles. The molecule has 26 heavy (non-hydrogen) atoms. The molecular formula is C21H27N3O2. The molecule has 1 N–H and O–H groups in total. The highest BCUT2D eigenvalue weighted by Gasteiger charge is 2.38. The van der Waals surface area contributed by atoms with Gasteiger partial charge in [-0.05, 0) is 31.0 Å². The number of carbonyl (C=O) groups excluding carboxylic acids is 1. The molecule has 2 aromatic rings. The van der Waals surface area contributed by atoms with Crippen LogP contribution in [0.4, 0.5) is 5.82 Å². The number of carbonyl (C=O) groups is 1. The maximum Gasteiger partial charge on any atom is 0.251 e. The third-order valence-corrected chi connectivity index (χ3v) is 5.29. The Morgan fingerprint density at radius 3 is 2.65 bits per heavy atom. The molecule has 0 spiro atoms. The van der Waals surface area contributed by atoms with E-state index in [0.29, 0.717) is 12.1 Å². The molecular weight excluding hydrogens is 326 g/mol. The van der Waals surface area contributed by atoms with Crippen molar-refractivity contribution in [2.24, 2.45) is 0 Å². The summed E-state index contributed by atoms with van der Waals surface area (Å²) in [7, 11) is 5.54. The fraction of sp³-hybridized carbons (Fsp3) is 0.429. The van der Waals surface area contributed by atoms with Crippen molar-refractivity contribution in [3.63, 3.8) is 0 Å². The zero-order valence-corrected chi connectivity index (χ0v) is 15.8. The first-order valence-corrected chi connectivity index (χ1v) is 9.11. The number of hydrogen-bond donors (Lipinski definition) is 1. The highest BCUT2D eigenvalue weighted by molar-refractivity contribution is 5.94. The van der Waals surface area contributed by atoms with Crippen LogP contribution in [0.15, 0.2) is 42.6 Å². The molecule has 3 rings (SSSR count). The van der Waals surface area contributed by atoms with Gasteiger partial charge in [0.15, 0.2) is 0 Å². The van der Waals surface area contributed by atoms with Crippen LogP contribution in [0.1, 0.15) is 41.6 Å². The summed E-state index contributed by atoms with van der Waals surface area (Å²) in [4.78, 5) is 18.9. The average Bonchev–Trinajstić information content (AvgIpc) is 3.16. The molecule has 1 saturated carbocycles. The third-order valence-electron chi connectivity index (χ3n) is 5.29. The van der Waals surface area contributed by atoms with Gasteiger partial charge in [0.2, 0.25) is 0 Å². The minimum absolute atomic E-state index is 0.0559. The van der Waals surface area contributed by atoms with Gasteiger partial charge in [-0.15, -0.1) is 0 Å². The lowest BCUT2D eigenvalue weighted by Crippen LogP contribution is -2.39. The first-order chi connectivity index (χ1) is 12.6. The largest absolute Gasteiger partial charge is 0.496 e. The Balaban J connectivity index is 1.79. The number of anilines is 1. The van der Waals surface area contributed by atoms with Crippen molar-refractivity contribution in [2.75, 3.05) is 32.6 Å². The molecule has 1 aliphatic rings.